The molecule has 0 aromatic heterocycles. The molecule has 0 radical (unpaired) electrons. The standard InChI is InChI=1S/C59H100O6/c1-4-7-10-13-16-19-22-25-27-28-29-30-32-34-37-40-43-46-49-52-58(61)64-55-56(54-63-57(60)51-48-45-42-39-36-33-24-21-18-15-12-9-6-3)65-59(62)53-50-47-44-41-38-35-31-26-23-20-17-14-11-8-5-2/h7,10,16-17,19-20,23,25-27,33,36,42,45,56H,4-6,8-9,11-15,18,21-22,24,28-32,34-35,37-41,43-44,46-55H2,1-3H3/b10-7-,19-16-,20-17-,26-23-,27-25-,36-33-,45-42-. The first-order chi connectivity index (χ1) is 32.0. The Labute approximate surface area is 401 Å². The number of rotatable bonds is 48. The maximum absolute atomic E-state index is 12.8. The Bertz CT molecular complexity index is 1270. The van der Waals surface area contributed by atoms with Crippen LogP contribution in [-0.2, 0) is 28.6 Å². The van der Waals surface area contributed by atoms with Crippen LogP contribution in [0.25, 0.3) is 0 Å². The highest BCUT2D eigenvalue weighted by Crippen LogP contribution is 2.14. The van der Waals surface area contributed by atoms with Gasteiger partial charge in [0.1, 0.15) is 13.2 Å². The fourth-order valence-corrected chi connectivity index (χ4v) is 7.32. The maximum Gasteiger partial charge on any atom is 0.306 e. The second-order valence-electron chi connectivity index (χ2n) is 17.8. The molecule has 1 atom stereocenters. The van der Waals surface area contributed by atoms with E-state index < -0.39 is 6.10 Å². The van der Waals surface area contributed by atoms with Gasteiger partial charge in [0.2, 0.25) is 0 Å². The molecule has 0 fully saturated rings. The summed E-state index contributed by atoms with van der Waals surface area (Å²) in [5.74, 6) is -0.987. The van der Waals surface area contributed by atoms with Crippen LogP contribution in [0.1, 0.15) is 252 Å². The summed E-state index contributed by atoms with van der Waals surface area (Å²) < 4.78 is 16.8. The highest BCUT2D eigenvalue weighted by molar-refractivity contribution is 5.71. The van der Waals surface area contributed by atoms with E-state index in [1.165, 1.54) is 122 Å². The van der Waals surface area contributed by atoms with Crippen LogP contribution < -0.4 is 0 Å². The smallest absolute Gasteiger partial charge is 0.306 e. The molecule has 0 heterocycles. The molecule has 0 aliphatic carbocycles. The van der Waals surface area contributed by atoms with E-state index in [-0.39, 0.29) is 37.5 Å². The van der Waals surface area contributed by atoms with Crippen LogP contribution in [0.4, 0.5) is 0 Å². The van der Waals surface area contributed by atoms with Crippen molar-refractivity contribution in [3.05, 3.63) is 85.1 Å². The minimum absolute atomic E-state index is 0.101. The molecular weight excluding hydrogens is 805 g/mol. The zero-order chi connectivity index (χ0) is 47.2. The average molecular weight is 905 g/mol. The molecule has 0 saturated heterocycles. The monoisotopic (exact) mass is 905 g/mol. The first-order valence-electron chi connectivity index (χ1n) is 27.1. The second-order valence-corrected chi connectivity index (χ2v) is 17.8. The third-order valence-corrected chi connectivity index (χ3v) is 11.4. The van der Waals surface area contributed by atoms with Gasteiger partial charge in [-0.1, -0.05) is 221 Å². The van der Waals surface area contributed by atoms with Crippen molar-refractivity contribution in [2.45, 2.75) is 258 Å². The summed E-state index contributed by atoms with van der Waals surface area (Å²) in [6.45, 7) is 6.43. The van der Waals surface area contributed by atoms with Crippen molar-refractivity contribution in [1.29, 1.82) is 0 Å². The van der Waals surface area contributed by atoms with E-state index in [2.05, 4.69) is 99.8 Å². The predicted molar refractivity (Wildman–Crippen MR) is 279 cm³/mol. The van der Waals surface area contributed by atoms with E-state index in [9.17, 15) is 14.4 Å². The Morgan fingerprint density at radius 2 is 0.677 bits per heavy atom. The molecule has 0 spiro atoms. The summed E-state index contributed by atoms with van der Waals surface area (Å²) in [4.78, 5) is 38.0. The molecule has 0 aromatic rings. The van der Waals surface area contributed by atoms with Gasteiger partial charge in [0, 0.05) is 19.3 Å². The SMILES string of the molecule is CC/C=C\C/C=C\C/C=C\CCCCCCCCCCCC(=O)OCC(COC(=O)CC/C=C\C/C=C\CCCCCCCC)OC(=O)CCCCCCCC/C=C\C=C/CCCCC. The Morgan fingerprint density at radius 3 is 1.15 bits per heavy atom. The lowest BCUT2D eigenvalue weighted by Gasteiger charge is -2.18. The minimum Gasteiger partial charge on any atom is -0.462 e. The molecule has 65 heavy (non-hydrogen) atoms. The molecule has 6 nitrogen and oxygen atoms in total. The molecule has 0 N–H and O–H groups in total. The van der Waals surface area contributed by atoms with Gasteiger partial charge >= 0.3 is 17.9 Å². The summed E-state index contributed by atoms with van der Waals surface area (Å²) in [6, 6.07) is 0. The predicted octanol–water partition coefficient (Wildman–Crippen LogP) is 18.0. The Kier molecular flexibility index (Phi) is 50.4. The van der Waals surface area contributed by atoms with Gasteiger partial charge in [0.15, 0.2) is 6.10 Å². The van der Waals surface area contributed by atoms with Crippen molar-refractivity contribution < 1.29 is 28.6 Å². The highest BCUT2D eigenvalue weighted by atomic mass is 16.6. The number of unbranched alkanes of at least 4 members (excludes halogenated alkanes) is 24. The summed E-state index contributed by atoms with van der Waals surface area (Å²) >= 11 is 0. The van der Waals surface area contributed by atoms with Crippen molar-refractivity contribution >= 4 is 17.9 Å². The lowest BCUT2D eigenvalue weighted by Crippen LogP contribution is -2.30. The molecule has 0 amide bonds. The van der Waals surface area contributed by atoms with Crippen molar-refractivity contribution in [1.82, 2.24) is 0 Å². The van der Waals surface area contributed by atoms with Crippen LogP contribution >= 0.6 is 0 Å². The number of hydrogen-bond acceptors (Lipinski definition) is 6. The van der Waals surface area contributed by atoms with E-state index in [0.29, 0.717) is 19.3 Å². The number of carbonyl (C=O) groups is 3. The van der Waals surface area contributed by atoms with E-state index in [1.54, 1.807) is 0 Å². The fourth-order valence-electron chi connectivity index (χ4n) is 7.32. The molecule has 372 valence electrons. The Hall–Kier alpha value is -3.41. The molecule has 0 aliphatic rings. The Balaban J connectivity index is 4.44. The third kappa shape index (κ3) is 51.4. The van der Waals surface area contributed by atoms with Gasteiger partial charge < -0.3 is 14.2 Å². The zero-order valence-corrected chi connectivity index (χ0v) is 42.5. The summed E-state index contributed by atoms with van der Waals surface area (Å²) in [7, 11) is 0. The van der Waals surface area contributed by atoms with Gasteiger partial charge in [0.25, 0.3) is 0 Å². The van der Waals surface area contributed by atoms with Crippen molar-refractivity contribution in [2.75, 3.05) is 13.2 Å². The van der Waals surface area contributed by atoms with Gasteiger partial charge in [-0.2, -0.15) is 0 Å². The van der Waals surface area contributed by atoms with Crippen LogP contribution in [-0.4, -0.2) is 37.2 Å². The summed E-state index contributed by atoms with van der Waals surface area (Å²) in [5.41, 5.74) is 0. The number of allylic oxidation sites excluding steroid dienone is 14. The first kappa shape index (κ1) is 61.6. The molecule has 0 rings (SSSR count). The topological polar surface area (TPSA) is 78.9 Å². The van der Waals surface area contributed by atoms with Gasteiger partial charge in [-0.3, -0.25) is 14.4 Å². The van der Waals surface area contributed by atoms with Crippen LogP contribution in [0.15, 0.2) is 85.1 Å². The van der Waals surface area contributed by atoms with Crippen LogP contribution in [0, 0.1) is 0 Å². The Morgan fingerprint density at radius 1 is 0.338 bits per heavy atom. The lowest BCUT2D eigenvalue weighted by atomic mass is 10.1. The quantitative estimate of drug-likeness (QED) is 0.0199. The molecule has 0 saturated carbocycles. The lowest BCUT2D eigenvalue weighted by molar-refractivity contribution is -0.166. The van der Waals surface area contributed by atoms with Crippen LogP contribution in [0.3, 0.4) is 0 Å². The normalized spacial score (nSPS) is 12.7. The van der Waals surface area contributed by atoms with E-state index in [1.807, 2.05) is 6.08 Å². The molecule has 0 aliphatic heterocycles. The van der Waals surface area contributed by atoms with E-state index in [4.69, 9.17) is 14.2 Å². The van der Waals surface area contributed by atoms with Gasteiger partial charge in [0.05, 0.1) is 0 Å². The van der Waals surface area contributed by atoms with Crippen LogP contribution in [0.2, 0.25) is 0 Å². The average Bonchev–Trinajstić information content (AvgIpc) is 3.30. The zero-order valence-electron chi connectivity index (χ0n) is 42.5. The summed E-state index contributed by atoms with van der Waals surface area (Å²) in [6.07, 6.45) is 68.6. The van der Waals surface area contributed by atoms with Gasteiger partial charge in [-0.05, 0) is 96.3 Å². The van der Waals surface area contributed by atoms with Crippen molar-refractivity contribution in [2.24, 2.45) is 0 Å². The van der Waals surface area contributed by atoms with Gasteiger partial charge in [-0.15, -0.1) is 0 Å². The molecular formula is C59H100O6. The first-order valence-corrected chi connectivity index (χ1v) is 27.1. The fraction of sp³-hybridized carbons (Fsp3) is 0.712. The summed E-state index contributed by atoms with van der Waals surface area (Å²) in [5, 5.41) is 0. The van der Waals surface area contributed by atoms with Crippen LogP contribution in [0.5, 0.6) is 0 Å². The molecule has 1 unspecified atom stereocenters. The number of esters is 3. The molecule has 0 bridgehead atoms. The largest absolute Gasteiger partial charge is 0.462 e. The second kappa shape index (κ2) is 53.2. The van der Waals surface area contributed by atoms with Crippen molar-refractivity contribution in [3.63, 3.8) is 0 Å². The van der Waals surface area contributed by atoms with E-state index in [0.717, 1.165) is 83.5 Å². The number of hydrogen-bond donors (Lipinski definition) is 0. The van der Waals surface area contributed by atoms with E-state index >= 15 is 0 Å². The molecule has 6 heteroatoms. The van der Waals surface area contributed by atoms with Gasteiger partial charge in [-0.25, -0.2) is 0 Å². The number of ether oxygens (including phenoxy) is 3. The minimum atomic E-state index is -0.807. The maximum atomic E-state index is 12.8. The highest BCUT2D eigenvalue weighted by Gasteiger charge is 2.19. The van der Waals surface area contributed by atoms with Crippen molar-refractivity contribution in [3.8, 4) is 0 Å². The third-order valence-electron chi connectivity index (χ3n) is 11.4. The molecule has 0 aromatic carbocycles. The number of carbonyl (C=O) groups excluding carboxylic acids is 3.